The van der Waals surface area contributed by atoms with Crippen LogP contribution in [0.3, 0.4) is 0 Å². The van der Waals surface area contributed by atoms with Gasteiger partial charge in [-0.3, -0.25) is 0 Å². The van der Waals surface area contributed by atoms with Gasteiger partial charge < -0.3 is 9.84 Å². The molecular formula is C16H24O2. The van der Waals surface area contributed by atoms with Gasteiger partial charge in [-0.05, 0) is 36.8 Å². The van der Waals surface area contributed by atoms with Crippen molar-refractivity contribution in [2.24, 2.45) is 11.8 Å². The van der Waals surface area contributed by atoms with Crippen LogP contribution in [0.1, 0.15) is 39.0 Å². The minimum atomic E-state index is -0.198. The molecule has 1 aliphatic carbocycles. The Morgan fingerprint density at radius 2 is 2.06 bits per heavy atom. The molecule has 0 spiro atoms. The van der Waals surface area contributed by atoms with Gasteiger partial charge >= 0.3 is 0 Å². The van der Waals surface area contributed by atoms with E-state index >= 15 is 0 Å². The number of hydrogen-bond donors (Lipinski definition) is 1. The van der Waals surface area contributed by atoms with Crippen LogP contribution in [0.2, 0.25) is 0 Å². The van der Waals surface area contributed by atoms with Crippen molar-refractivity contribution in [3.8, 4) is 5.75 Å². The van der Waals surface area contributed by atoms with Crippen LogP contribution in [0.25, 0.3) is 0 Å². The summed E-state index contributed by atoms with van der Waals surface area (Å²) in [7, 11) is 0. The van der Waals surface area contributed by atoms with Gasteiger partial charge in [0.05, 0.1) is 12.7 Å². The van der Waals surface area contributed by atoms with E-state index in [1.807, 2.05) is 30.3 Å². The minimum absolute atomic E-state index is 0.198. The zero-order chi connectivity index (χ0) is 12.8. The van der Waals surface area contributed by atoms with Crippen molar-refractivity contribution >= 4 is 0 Å². The van der Waals surface area contributed by atoms with E-state index in [1.165, 1.54) is 25.7 Å². The molecule has 1 N–H and O–H groups in total. The Bertz CT molecular complexity index is 336. The fraction of sp³-hybridized carbons (Fsp3) is 0.625. The summed E-state index contributed by atoms with van der Waals surface area (Å²) in [4.78, 5) is 0. The van der Waals surface area contributed by atoms with Crippen LogP contribution in [-0.2, 0) is 0 Å². The van der Waals surface area contributed by atoms with Crippen molar-refractivity contribution in [3.05, 3.63) is 30.3 Å². The van der Waals surface area contributed by atoms with Crippen molar-refractivity contribution in [2.45, 2.75) is 45.1 Å². The average Bonchev–Trinajstić information content (AvgIpc) is 2.40. The molecule has 0 aromatic heterocycles. The molecule has 1 fully saturated rings. The van der Waals surface area contributed by atoms with Gasteiger partial charge in [-0.15, -0.1) is 0 Å². The molecule has 0 saturated heterocycles. The molecule has 0 amide bonds. The molecule has 1 saturated carbocycles. The van der Waals surface area contributed by atoms with E-state index in [0.717, 1.165) is 18.1 Å². The van der Waals surface area contributed by atoms with E-state index in [9.17, 15) is 5.11 Å². The first-order valence-electron chi connectivity index (χ1n) is 7.11. The summed E-state index contributed by atoms with van der Waals surface area (Å²) < 4.78 is 5.63. The fourth-order valence-electron chi connectivity index (χ4n) is 2.88. The standard InChI is InChI=1S/C16H24O2/c1-13-6-5-7-14(12-13)16(17)10-11-18-15-8-3-2-4-9-15/h2-4,8-9,13-14,16-17H,5-7,10-12H2,1H3. The average molecular weight is 248 g/mol. The Hall–Kier alpha value is -1.02. The predicted molar refractivity (Wildman–Crippen MR) is 73.7 cm³/mol. The fourth-order valence-corrected chi connectivity index (χ4v) is 2.88. The molecule has 3 unspecified atom stereocenters. The molecule has 0 heterocycles. The Morgan fingerprint density at radius 3 is 2.78 bits per heavy atom. The first-order chi connectivity index (χ1) is 8.75. The van der Waals surface area contributed by atoms with E-state index in [2.05, 4.69) is 6.92 Å². The van der Waals surface area contributed by atoms with Crippen LogP contribution in [-0.4, -0.2) is 17.8 Å². The molecule has 1 aromatic carbocycles. The molecule has 3 atom stereocenters. The lowest BCUT2D eigenvalue weighted by atomic mass is 9.79. The second-order valence-electron chi connectivity index (χ2n) is 5.55. The number of ether oxygens (including phenoxy) is 1. The van der Waals surface area contributed by atoms with Crippen molar-refractivity contribution in [2.75, 3.05) is 6.61 Å². The lowest BCUT2D eigenvalue weighted by molar-refractivity contribution is 0.0533. The quantitative estimate of drug-likeness (QED) is 0.862. The zero-order valence-corrected chi connectivity index (χ0v) is 11.2. The molecule has 100 valence electrons. The molecule has 18 heavy (non-hydrogen) atoms. The maximum atomic E-state index is 10.2. The van der Waals surface area contributed by atoms with Crippen molar-refractivity contribution < 1.29 is 9.84 Å². The number of rotatable bonds is 5. The number of benzene rings is 1. The molecule has 1 aromatic rings. The van der Waals surface area contributed by atoms with Crippen LogP contribution in [0.4, 0.5) is 0 Å². The summed E-state index contributed by atoms with van der Waals surface area (Å²) in [5.41, 5.74) is 0. The summed E-state index contributed by atoms with van der Waals surface area (Å²) >= 11 is 0. The van der Waals surface area contributed by atoms with Crippen LogP contribution in [0, 0.1) is 11.8 Å². The van der Waals surface area contributed by atoms with Crippen molar-refractivity contribution in [3.63, 3.8) is 0 Å². The van der Waals surface area contributed by atoms with Gasteiger partial charge in [0.15, 0.2) is 0 Å². The summed E-state index contributed by atoms with van der Waals surface area (Å²) in [6.07, 6.45) is 5.48. The largest absolute Gasteiger partial charge is 0.493 e. The summed E-state index contributed by atoms with van der Waals surface area (Å²) in [5, 5.41) is 10.2. The highest BCUT2D eigenvalue weighted by Gasteiger charge is 2.24. The van der Waals surface area contributed by atoms with Gasteiger partial charge in [0, 0.05) is 6.42 Å². The lowest BCUT2D eigenvalue weighted by Gasteiger charge is -2.30. The molecule has 0 aliphatic heterocycles. The van der Waals surface area contributed by atoms with E-state index in [4.69, 9.17) is 4.74 Å². The number of para-hydroxylation sites is 1. The van der Waals surface area contributed by atoms with Crippen molar-refractivity contribution in [1.82, 2.24) is 0 Å². The third-order valence-corrected chi connectivity index (χ3v) is 3.95. The van der Waals surface area contributed by atoms with Crippen LogP contribution < -0.4 is 4.74 Å². The Morgan fingerprint density at radius 1 is 1.28 bits per heavy atom. The smallest absolute Gasteiger partial charge is 0.119 e. The SMILES string of the molecule is CC1CCCC(C(O)CCOc2ccccc2)C1. The van der Waals surface area contributed by atoms with Crippen molar-refractivity contribution in [1.29, 1.82) is 0 Å². The Kier molecular flexibility index (Phi) is 5.06. The van der Waals surface area contributed by atoms with Gasteiger partial charge in [0.25, 0.3) is 0 Å². The molecule has 2 nitrogen and oxygen atoms in total. The monoisotopic (exact) mass is 248 g/mol. The van der Waals surface area contributed by atoms with Crippen LogP contribution in [0.15, 0.2) is 30.3 Å². The predicted octanol–water partition coefficient (Wildman–Crippen LogP) is 3.64. The summed E-state index contributed by atoms with van der Waals surface area (Å²) in [5.74, 6) is 2.14. The Balaban J connectivity index is 1.70. The maximum Gasteiger partial charge on any atom is 0.119 e. The van der Waals surface area contributed by atoms with Crippen LogP contribution in [0.5, 0.6) is 5.75 Å². The normalized spacial score (nSPS) is 25.7. The highest BCUT2D eigenvalue weighted by atomic mass is 16.5. The van der Waals surface area contributed by atoms with Gasteiger partial charge in [0.2, 0.25) is 0 Å². The highest BCUT2D eigenvalue weighted by molar-refractivity contribution is 5.20. The second kappa shape index (κ2) is 6.79. The first kappa shape index (κ1) is 13.4. The minimum Gasteiger partial charge on any atom is -0.493 e. The third-order valence-electron chi connectivity index (χ3n) is 3.95. The molecule has 2 heteroatoms. The van der Waals surface area contributed by atoms with E-state index in [-0.39, 0.29) is 6.10 Å². The Labute approximate surface area is 110 Å². The number of aliphatic hydroxyl groups excluding tert-OH is 1. The van der Waals surface area contributed by atoms with Gasteiger partial charge in [-0.25, -0.2) is 0 Å². The highest BCUT2D eigenvalue weighted by Crippen LogP contribution is 2.31. The van der Waals surface area contributed by atoms with Gasteiger partial charge in [0.1, 0.15) is 5.75 Å². The summed E-state index contributed by atoms with van der Waals surface area (Å²) in [6.45, 7) is 2.90. The number of hydrogen-bond acceptors (Lipinski definition) is 2. The van der Waals surface area contributed by atoms with E-state index in [1.54, 1.807) is 0 Å². The molecular weight excluding hydrogens is 224 g/mol. The van der Waals surface area contributed by atoms with Gasteiger partial charge in [-0.1, -0.05) is 38.0 Å². The van der Waals surface area contributed by atoms with Gasteiger partial charge in [-0.2, -0.15) is 0 Å². The summed E-state index contributed by atoms with van der Waals surface area (Å²) in [6, 6.07) is 9.82. The van der Waals surface area contributed by atoms with E-state index < -0.39 is 0 Å². The second-order valence-corrected chi connectivity index (χ2v) is 5.55. The molecule has 2 rings (SSSR count). The topological polar surface area (TPSA) is 29.5 Å². The number of aliphatic hydroxyl groups is 1. The maximum absolute atomic E-state index is 10.2. The first-order valence-corrected chi connectivity index (χ1v) is 7.11. The molecule has 0 radical (unpaired) electrons. The molecule has 1 aliphatic rings. The lowest BCUT2D eigenvalue weighted by Crippen LogP contribution is -2.27. The zero-order valence-electron chi connectivity index (χ0n) is 11.2. The molecule has 0 bridgehead atoms. The van der Waals surface area contributed by atoms with Crippen LogP contribution >= 0.6 is 0 Å². The van der Waals surface area contributed by atoms with E-state index in [0.29, 0.717) is 12.5 Å². The third kappa shape index (κ3) is 4.02.